The van der Waals surface area contributed by atoms with Gasteiger partial charge in [0.2, 0.25) is 0 Å². The van der Waals surface area contributed by atoms with Gasteiger partial charge < -0.3 is 15.2 Å². The number of hydrogen-bond donors (Lipinski definition) is 1. The Bertz CT molecular complexity index is 629. The fraction of sp³-hybridized carbons (Fsp3) is 0.333. The van der Waals surface area contributed by atoms with Gasteiger partial charge in [0, 0.05) is 17.5 Å². The summed E-state index contributed by atoms with van der Waals surface area (Å²) in [6, 6.07) is 7.75. The number of rotatable bonds is 3. The fourth-order valence-electron chi connectivity index (χ4n) is 2.28. The van der Waals surface area contributed by atoms with Crippen LogP contribution in [0.5, 0.6) is 5.75 Å². The van der Waals surface area contributed by atoms with Crippen LogP contribution in [0.15, 0.2) is 24.3 Å². The van der Waals surface area contributed by atoms with E-state index in [1.807, 2.05) is 31.2 Å². The van der Waals surface area contributed by atoms with E-state index in [0.29, 0.717) is 31.5 Å². The van der Waals surface area contributed by atoms with Crippen molar-refractivity contribution in [2.45, 2.75) is 20.0 Å². The van der Waals surface area contributed by atoms with Gasteiger partial charge in [-0.2, -0.15) is 0 Å². The first-order chi connectivity index (χ1) is 9.78. The van der Waals surface area contributed by atoms with E-state index in [9.17, 15) is 0 Å². The first kappa shape index (κ1) is 12.9. The van der Waals surface area contributed by atoms with E-state index in [4.69, 9.17) is 15.2 Å². The van der Waals surface area contributed by atoms with Crippen molar-refractivity contribution in [2.24, 2.45) is 0 Å². The lowest BCUT2D eigenvalue weighted by Crippen LogP contribution is -2.16. The van der Waals surface area contributed by atoms with Crippen molar-refractivity contribution in [1.82, 2.24) is 9.97 Å². The van der Waals surface area contributed by atoms with E-state index >= 15 is 0 Å². The van der Waals surface area contributed by atoms with Crippen molar-refractivity contribution in [3.05, 3.63) is 35.5 Å². The minimum atomic E-state index is 0.500. The van der Waals surface area contributed by atoms with E-state index in [1.165, 1.54) is 0 Å². The highest BCUT2D eigenvalue weighted by atomic mass is 16.5. The van der Waals surface area contributed by atoms with E-state index < -0.39 is 0 Å². The Labute approximate surface area is 117 Å². The summed E-state index contributed by atoms with van der Waals surface area (Å²) in [7, 11) is 0. The predicted molar refractivity (Wildman–Crippen MR) is 76.4 cm³/mol. The molecule has 1 aliphatic rings. The molecule has 5 heteroatoms. The first-order valence-electron chi connectivity index (χ1n) is 6.74. The number of nitrogens with zero attached hydrogens (tertiary/aromatic N) is 2. The summed E-state index contributed by atoms with van der Waals surface area (Å²) in [5, 5.41) is 0. The molecule has 0 unspecified atom stereocenters. The molecule has 2 aromatic rings. The molecule has 0 spiro atoms. The van der Waals surface area contributed by atoms with Crippen molar-refractivity contribution < 1.29 is 9.47 Å². The SMILES string of the molecule is CCOc1cccc(-c2nc(N)c3c(n2)CCOC3)c1. The fourth-order valence-corrected chi connectivity index (χ4v) is 2.28. The number of anilines is 1. The number of benzene rings is 1. The zero-order valence-corrected chi connectivity index (χ0v) is 11.4. The molecule has 5 nitrogen and oxygen atoms in total. The van der Waals surface area contributed by atoms with Gasteiger partial charge in [-0.05, 0) is 19.1 Å². The second kappa shape index (κ2) is 5.46. The lowest BCUT2D eigenvalue weighted by atomic mass is 10.1. The van der Waals surface area contributed by atoms with Gasteiger partial charge in [-0.15, -0.1) is 0 Å². The maximum absolute atomic E-state index is 6.01. The van der Waals surface area contributed by atoms with Crippen LogP contribution in [0.1, 0.15) is 18.2 Å². The van der Waals surface area contributed by atoms with E-state index in [0.717, 1.165) is 29.0 Å². The summed E-state index contributed by atoms with van der Waals surface area (Å²) in [5.74, 6) is 1.96. The molecule has 0 saturated heterocycles. The Morgan fingerprint density at radius 3 is 3.10 bits per heavy atom. The van der Waals surface area contributed by atoms with Crippen LogP contribution in [-0.2, 0) is 17.8 Å². The molecule has 0 atom stereocenters. The number of fused-ring (bicyclic) bond motifs is 1. The standard InChI is InChI=1S/C15H17N3O2/c1-2-20-11-5-3-4-10(8-11)15-17-13-6-7-19-9-12(13)14(16)18-15/h3-5,8H,2,6-7,9H2,1H3,(H2,16,17,18). The van der Waals surface area contributed by atoms with Gasteiger partial charge in [0.1, 0.15) is 11.6 Å². The third-order valence-corrected chi connectivity index (χ3v) is 3.26. The smallest absolute Gasteiger partial charge is 0.161 e. The second-order valence-electron chi connectivity index (χ2n) is 4.62. The summed E-state index contributed by atoms with van der Waals surface area (Å²) < 4.78 is 10.9. The van der Waals surface area contributed by atoms with Gasteiger partial charge in [-0.25, -0.2) is 9.97 Å². The summed E-state index contributed by atoms with van der Waals surface area (Å²) in [6.45, 7) is 3.77. The van der Waals surface area contributed by atoms with Gasteiger partial charge in [-0.1, -0.05) is 12.1 Å². The summed E-state index contributed by atoms with van der Waals surface area (Å²) in [4.78, 5) is 9.01. The third-order valence-electron chi connectivity index (χ3n) is 3.26. The Morgan fingerprint density at radius 1 is 1.35 bits per heavy atom. The molecule has 2 N–H and O–H groups in total. The van der Waals surface area contributed by atoms with Gasteiger partial charge in [0.05, 0.1) is 25.5 Å². The Hall–Kier alpha value is -2.14. The van der Waals surface area contributed by atoms with Crippen molar-refractivity contribution in [3.63, 3.8) is 0 Å². The average molecular weight is 271 g/mol. The van der Waals surface area contributed by atoms with Crippen LogP contribution < -0.4 is 10.5 Å². The Balaban J connectivity index is 2.01. The lowest BCUT2D eigenvalue weighted by molar-refractivity contribution is 0.109. The highest BCUT2D eigenvalue weighted by Crippen LogP contribution is 2.26. The van der Waals surface area contributed by atoms with Crippen LogP contribution >= 0.6 is 0 Å². The van der Waals surface area contributed by atoms with Gasteiger partial charge in [0.15, 0.2) is 5.82 Å². The second-order valence-corrected chi connectivity index (χ2v) is 4.62. The zero-order chi connectivity index (χ0) is 13.9. The molecule has 0 amide bonds. The van der Waals surface area contributed by atoms with Crippen LogP contribution in [0.25, 0.3) is 11.4 Å². The minimum absolute atomic E-state index is 0.500. The molecular weight excluding hydrogens is 254 g/mol. The van der Waals surface area contributed by atoms with E-state index in [-0.39, 0.29) is 0 Å². The normalized spacial score (nSPS) is 13.8. The topological polar surface area (TPSA) is 70.3 Å². The molecule has 0 radical (unpaired) electrons. The summed E-state index contributed by atoms with van der Waals surface area (Å²) in [6.07, 6.45) is 0.778. The third kappa shape index (κ3) is 2.44. The largest absolute Gasteiger partial charge is 0.494 e. The van der Waals surface area contributed by atoms with Crippen LogP contribution in [0, 0.1) is 0 Å². The number of nitrogens with two attached hydrogens (primary N) is 1. The monoisotopic (exact) mass is 271 g/mol. The van der Waals surface area contributed by atoms with Crippen LogP contribution in [0.3, 0.4) is 0 Å². The van der Waals surface area contributed by atoms with Crippen molar-refractivity contribution in [2.75, 3.05) is 18.9 Å². The highest BCUT2D eigenvalue weighted by molar-refractivity contribution is 5.60. The predicted octanol–water partition coefficient (Wildman–Crippen LogP) is 2.20. The maximum Gasteiger partial charge on any atom is 0.161 e. The minimum Gasteiger partial charge on any atom is -0.494 e. The van der Waals surface area contributed by atoms with Crippen LogP contribution in [0.2, 0.25) is 0 Å². The van der Waals surface area contributed by atoms with E-state index in [2.05, 4.69) is 9.97 Å². The molecule has 104 valence electrons. The quantitative estimate of drug-likeness (QED) is 0.926. The Kier molecular flexibility index (Phi) is 3.52. The molecule has 1 aliphatic heterocycles. The van der Waals surface area contributed by atoms with Gasteiger partial charge >= 0.3 is 0 Å². The molecule has 0 bridgehead atoms. The molecular formula is C15H17N3O2. The molecule has 1 aromatic heterocycles. The van der Waals surface area contributed by atoms with Crippen molar-refractivity contribution >= 4 is 5.82 Å². The molecule has 0 aliphatic carbocycles. The number of aromatic nitrogens is 2. The maximum atomic E-state index is 6.01. The lowest BCUT2D eigenvalue weighted by Gasteiger charge is -2.17. The van der Waals surface area contributed by atoms with Crippen LogP contribution in [-0.4, -0.2) is 23.2 Å². The molecule has 0 fully saturated rings. The number of nitrogen functional groups attached to an aromatic ring is 1. The number of ether oxygens (including phenoxy) is 2. The van der Waals surface area contributed by atoms with Crippen molar-refractivity contribution in [1.29, 1.82) is 0 Å². The van der Waals surface area contributed by atoms with Gasteiger partial charge in [-0.3, -0.25) is 0 Å². The van der Waals surface area contributed by atoms with Crippen LogP contribution in [0.4, 0.5) is 5.82 Å². The Morgan fingerprint density at radius 2 is 2.25 bits per heavy atom. The average Bonchev–Trinajstić information content (AvgIpc) is 2.48. The molecule has 0 saturated carbocycles. The highest BCUT2D eigenvalue weighted by Gasteiger charge is 2.17. The summed E-state index contributed by atoms with van der Waals surface area (Å²) in [5.41, 5.74) is 8.83. The van der Waals surface area contributed by atoms with E-state index in [1.54, 1.807) is 0 Å². The zero-order valence-electron chi connectivity index (χ0n) is 11.4. The number of hydrogen-bond acceptors (Lipinski definition) is 5. The first-order valence-corrected chi connectivity index (χ1v) is 6.74. The van der Waals surface area contributed by atoms with Crippen molar-refractivity contribution in [3.8, 4) is 17.1 Å². The molecule has 2 heterocycles. The summed E-state index contributed by atoms with van der Waals surface area (Å²) >= 11 is 0. The molecule has 3 rings (SSSR count). The molecule has 20 heavy (non-hydrogen) atoms. The molecule has 1 aromatic carbocycles. The van der Waals surface area contributed by atoms with Gasteiger partial charge in [0.25, 0.3) is 0 Å².